The quantitative estimate of drug-likeness (QED) is 0.410. The molecule has 1 aliphatic heterocycles. The van der Waals surface area contributed by atoms with E-state index in [-0.39, 0.29) is 23.2 Å². The number of carboxylic acids is 1. The van der Waals surface area contributed by atoms with Crippen LogP contribution in [0.3, 0.4) is 0 Å². The van der Waals surface area contributed by atoms with E-state index in [1.54, 1.807) is 12.1 Å². The van der Waals surface area contributed by atoms with Crippen molar-refractivity contribution in [1.29, 1.82) is 0 Å². The lowest BCUT2D eigenvalue weighted by Crippen LogP contribution is -2.45. The Labute approximate surface area is 109 Å². The molecular weight excluding hydrogens is 253 g/mol. The van der Waals surface area contributed by atoms with Crippen LogP contribution in [0, 0.1) is 0 Å². The van der Waals surface area contributed by atoms with Crippen molar-refractivity contribution in [3.63, 3.8) is 0 Å². The largest absolute Gasteiger partial charge is 0.669 e. The number of aryl methyl sites for hydroxylation is 1. The maximum absolute atomic E-state index is 11.3. The van der Waals surface area contributed by atoms with E-state index in [2.05, 4.69) is 9.99 Å². The number of carbonyl (C=O) groups is 1. The van der Waals surface area contributed by atoms with Crippen LogP contribution in [-0.4, -0.2) is 41.2 Å². The minimum Gasteiger partial charge on any atom is -0.669 e. The van der Waals surface area contributed by atoms with Gasteiger partial charge >= 0.3 is 12.7 Å². The lowest BCUT2D eigenvalue weighted by Gasteiger charge is -2.37. The number of nitrogens with zero attached hydrogens (tertiary/aromatic N) is 1. The Hall–Kier alpha value is -2.06. The molecule has 0 unspecified atom stereocenters. The molecule has 102 valence electrons. The van der Waals surface area contributed by atoms with Crippen molar-refractivity contribution in [2.75, 3.05) is 7.11 Å². The van der Waals surface area contributed by atoms with Gasteiger partial charge in [-0.1, -0.05) is 23.6 Å². The van der Waals surface area contributed by atoms with Gasteiger partial charge in [-0.25, -0.2) is 4.79 Å². The predicted molar refractivity (Wildman–Crippen MR) is 67.3 cm³/mol. The molecule has 1 aromatic rings. The zero-order valence-electron chi connectivity index (χ0n) is 10.2. The van der Waals surface area contributed by atoms with Crippen molar-refractivity contribution in [3.05, 3.63) is 28.8 Å². The molecule has 0 spiro atoms. The number of carboxylic acid groups (broad SMARTS) is 1. The van der Waals surface area contributed by atoms with Crippen molar-refractivity contribution in [1.82, 2.24) is 0 Å². The van der Waals surface area contributed by atoms with Crippen molar-refractivity contribution in [2.45, 2.75) is 12.7 Å². The second-order valence-electron chi connectivity index (χ2n) is 4.25. The third-order valence-electron chi connectivity index (χ3n) is 2.88. The van der Waals surface area contributed by atoms with Gasteiger partial charge in [0.25, 0.3) is 0 Å². The molecule has 0 aliphatic carbocycles. The topological polar surface area (TPSA) is 109 Å². The summed E-state index contributed by atoms with van der Waals surface area (Å²) < 4.78 is 5.02. The van der Waals surface area contributed by atoms with Crippen LogP contribution in [0.15, 0.2) is 17.3 Å². The summed E-state index contributed by atoms with van der Waals surface area (Å²) in [5, 5.41) is 31.8. The van der Waals surface area contributed by atoms with Crippen LogP contribution in [0.4, 0.5) is 0 Å². The first-order chi connectivity index (χ1) is 8.94. The molecule has 0 aromatic heterocycles. The van der Waals surface area contributed by atoms with Gasteiger partial charge in [-0.15, -0.1) is 0 Å². The fraction of sp³-hybridized carbons (Fsp3) is 0.273. The Morgan fingerprint density at radius 1 is 1.53 bits per heavy atom. The van der Waals surface area contributed by atoms with Gasteiger partial charge in [-0.3, -0.25) is 0 Å². The normalized spacial score (nSPS) is 16.8. The highest BCUT2D eigenvalue weighted by molar-refractivity contribution is 6.59. The van der Waals surface area contributed by atoms with Gasteiger partial charge in [0.05, 0.1) is 12.0 Å². The highest BCUT2D eigenvalue weighted by Crippen LogP contribution is 2.34. The van der Waals surface area contributed by atoms with Crippen LogP contribution >= 0.6 is 0 Å². The molecule has 8 heteroatoms. The summed E-state index contributed by atoms with van der Waals surface area (Å²) in [6.07, 6.45) is 1.60. The second kappa shape index (κ2) is 4.91. The Morgan fingerprint density at radius 2 is 2.26 bits per heavy atom. The standard InChI is InChI=1S/C11H13BNO6/c1-18-13-6-8-3-2-7-4-5-12(16,17)19-10(7)9(8)11(14)15/h2-3,6,16-17H,4-5H2,1H3,(H,14,15)/q-1. The summed E-state index contributed by atoms with van der Waals surface area (Å²) in [5.41, 5.74) is 0.724. The number of fused-ring (bicyclic) bond motifs is 1. The lowest BCUT2D eigenvalue weighted by atomic mass is 9.70. The average Bonchev–Trinajstić information content (AvgIpc) is 2.33. The minimum absolute atomic E-state index is 0.0243. The van der Waals surface area contributed by atoms with Crippen molar-refractivity contribution < 1.29 is 29.4 Å². The van der Waals surface area contributed by atoms with Crippen LogP contribution in [0.2, 0.25) is 6.32 Å². The summed E-state index contributed by atoms with van der Waals surface area (Å²) in [5.74, 6) is -1.26. The molecule has 0 saturated heterocycles. The first-order valence-electron chi connectivity index (χ1n) is 5.69. The van der Waals surface area contributed by atoms with Crippen LogP contribution in [0.5, 0.6) is 5.75 Å². The number of benzene rings is 1. The molecule has 1 aromatic carbocycles. The van der Waals surface area contributed by atoms with Gasteiger partial charge < -0.3 is 24.6 Å². The summed E-state index contributed by atoms with van der Waals surface area (Å²) in [4.78, 5) is 15.8. The summed E-state index contributed by atoms with van der Waals surface area (Å²) in [7, 11) is 1.33. The summed E-state index contributed by atoms with van der Waals surface area (Å²) in [6, 6.07) is 3.24. The van der Waals surface area contributed by atoms with Gasteiger partial charge in [0.2, 0.25) is 0 Å². The highest BCUT2D eigenvalue weighted by atomic mass is 16.6. The Morgan fingerprint density at radius 3 is 2.89 bits per heavy atom. The highest BCUT2D eigenvalue weighted by Gasteiger charge is 2.32. The second-order valence-corrected chi connectivity index (χ2v) is 4.25. The molecule has 19 heavy (non-hydrogen) atoms. The molecule has 0 amide bonds. The monoisotopic (exact) mass is 266 g/mol. The maximum Gasteiger partial charge on any atom is 0.430 e. The average molecular weight is 266 g/mol. The van der Waals surface area contributed by atoms with Gasteiger partial charge in [0, 0.05) is 5.56 Å². The van der Waals surface area contributed by atoms with E-state index >= 15 is 0 Å². The maximum atomic E-state index is 11.3. The predicted octanol–water partition coefficient (Wildman–Crippen LogP) is 0.224. The molecule has 0 saturated carbocycles. The van der Waals surface area contributed by atoms with E-state index in [9.17, 15) is 19.9 Å². The van der Waals surface area contributed by atoms with Gasteiger partial charge in [-0.05, 0) is 12.0 Å². The zero-order chi connectivity index (χ0) is 14.0. The molecule has 1 aliphatic rings. The van der Waals surface area contributed by atoms with E-state index < -0.39 is 12.7 Å². The van der Waals surface area contributed by atoms with E-state index in [4.69, 9.17) is 4.65 Å². The van der Waals surface area contributed by atoms with Gasteiger partial charge in [0.1, 0.15) is 12.7 Å². The number of hydrogen-bond donors (Lipinski definition) is 3. The summed E-state index contributed by atoms with van der Waals surface area (Å²) in [6.45, 7) is -3.01. The molecular formula is C11H13BNO6-. The number of oxime groups is 1. The summed E-state index contributed by atoms with van der Waals surface area (Å²) >= 11 is 0. The molecule has 3 N–H and O–H groups in total. The Balaban J connectivity index is 2.56. The van der Waals surface area contributed by atoms with Crippen LogP contribution in [-0.2, 0) is 11.3 Å². The van der Waals surface area contributed by atoms with E-state index in [0.717, 1.165) is 0 Å². The fourth-order valence-electron chi connectivity index (χ4n) is 2.00. The van der Waals surface area contributed by atoms with Crippen molar-refractivity contribution in [3.8, 4) is 5.75 Å². The minimum atomic E-state index is -3.01. The van der Waals surface area contributed by atoms with Gasteiger partial charge in [-0.2, -0.15) is 0 Å². The first kappa shape index (κ1) is 13.4. The van der Waals surface area contributed by atoms with E-state index in [1.165, 1.54) is 13.3 Å². The Kier molecular flexibility index (Phi) is 3.45. The van der Waals surface area contributed by atoms with Crippen LogP contribution in [0.25, 0.3) is 0 Å². The molecule has 0 bridgehead atoms. The van der Waals surface area contributed by atoms with Gasteiger partial charge in [0.15, 0.2) is 0 Å². The van der Waals surface area contributed by atoms with Crippen LogP contribution < -0.4 is 4.65 Å². The number of hydrogen-bond acceptors (Lipinski definition) is 6. The molecule has 2 rings (SSSR count). The molecule has 0 atom stereocenters. The number of aromatic carboxylic acids is 1. The third-order valence-corrected chi connectivity index (χ3v) is 2.88. The molecule has 0 fully saturated rings. The van der Waals surface area contributed by atoms with Crippen LogP contribution in [0.1, 0.15) is 21.5 Å². The fourth-order valence-corrected chi connectivity index (χ4v) is 2.00. The zero-order valence-corrected chi connectivity index (χ0v) is 10.2. The third kappa shape index (κ3) is 2.69. The van der Waals surface area contributed by atoms with E-state index in [0.29, 0.717) is 12.0 Å². The van der Waals surface area contributed by atoms with Crippen molar-refractivity contribution >= 4 is 18.9 Å². The van der Waals surface area contributed by atoms with Crippen molar-refractivity contribution in [2.24, 2.45) is 5.16 Å². The SMILES string of the molecule is CON=Cc1ccc2c(c1C(=O)O)O[B-](O)(O)CC2. The number of rotatable bonds is 3. The molecule has 0 radical (unpaired) electrons. The molecule has 7 nitrogen and oxygen atoms in total. The Bertz CT molecular complexity index is 542. The van der Waals surface area contributed by atoms with E-state index in [1.807, 2.05) is 0 Å². The smallest absolute Gasteiger partial charge is 0.430 e. The lowest BCUT2D eigenvalue weighted by molar-refractivity contribution is 0.0693. The molecule has 1 heterocycles. The first-order valence-corrected chi connectivity index (χ1v) is 5.69.